The molecule has 0 heterocycles. The standard InChI is InChI=1S/C17H26N4O/c1-5-11-19-17(18-6-2)20-12-14-7-9-15(10-8-14)21-16(22)13(3)4/h5,7-10,13H,1,6,11-12H2,2-4H3,(H,21,22)(H2,18,19,20). The number of hydrogen-bond acceptors (Lipinski definition) is 2. The molecule has 0 aliphatic rings. The van der Waals surface area contributed by atoms with Gasteiger partial charge in [0.1, 0.15) is 0 Å². The van der Waals surface area contributed by atoms with E-state index in [9.17, 15) is 4.79 Å². The van der Waals surface area contributed by atoms with Crippen molar-refractivity contribution in [3.05, 3.63) is 42.5 Å². The number of amides is 1. The van der Waals surface area contributed by atoms with E-state index < -0.39 is 0 Å². The Balaban J connectivity index is 2.62. The van der Waals surface area contributed by atoms with Gasteiger partial charge in [-0.05, 0) is 24.6 Å². The number of hydrogen-bond donors (Lipinski definition) is 3. The molecule has 120 valence electrons. The molecule has 1 amide bonds. The largest absolute Gasteiger partial charge is 0.357 e. The maximum Gasteiger partial charge on any atom is 0.226 e. The zero-order valence-electron chi connectivity index (χ0n) is 13.6. The number of benzene rings is 1. The molecule has 0 aromatic heterocycles. The third-order valence-corrected chi connectivity index (χ3v) is 2.92. The lowest BCUT2D eigenvalue weighted by Crippen LogP contribution is -2.37. The first kappa shape index (κ1) is 17.8. The van der Waals surface area contributed by atoms with Crippen molar-refractivity contribution >= 4 is 17.6 Å². The van der Waals surface area contributed by atoms with Crippen LogP contribution in [0.2, 0.25) is 0 Å². The third-order valence-electron chi connectivity index (χ3n) is 2.92. The molecule has 3 N–H and O–H groups in total. The van der Waals surface area contributed by atoms with E-state index in [2.05, 4.69) is 27.5 Å². The van der Waals surface area contributed by atoms with Crippen LogP contribution in [0.1, 0.15) is 26.3 Å². The van der Waals surface area contributed by atoms with Gasteiger partial charge in [0.05, 0.1) is 6.54 Å². The number of nitrogens with one attached hydrogen (secondary N) is 3. The second-order valence-electron chi connectivity index (χ2n) is 5.21. The van der Waals surface area contributed by atoms with Gasteiger partial charge in [-0.2, -0.15) is 0 Å². The summed E-state index contributed by atoms with van der Waals surface area (Å²) in [5.74, 6) is 0.760. The fourth-order valence-electron chi connectivity index (χ4n) is 1.66. The van der Waals surface area contributed by atoms with E-state index in [1.807, 2.05) is 45.0 Å². The Bertz CT molecular complexity index is 506. The quantitative estimate of drug-likeness (QED) is 0.412. The molecule has 0 unspecified atom stereocenters. The number of aliphatic imine (C=N–C) groups is 1. The summed E-state index contributed by atoms with van der Waals surface area (Å²) < 4.78 is 0. The summed E-state index contributed by atoms with van der Waals surface area (Å²) in [5, 5.41) is 9.20. The Morgan fingerprint density at radius 2 is 1.95 bits per heavy atom. The minimum absolute atomic E-state index is 0.0221. The maximum atomic E-state index is 11.6. The summed E-state index contributed by atoms with van der Waals surface area (Å²) in [7, 11) is 0. The highest BCUT2D eigenvalue weighted by atomic mass is 16.1. The lowest BCUT2D eigenvalue weighted by molar-refractivity contribution is -0.118. The Morgan fingerprint density at radius 3 is 2.50 bits per heavy atom. The van der Waals surface area contributed by atoms with Gasteiger partial charge in [-0.25, -0.2) is 4.99 Å². The molecule has 0 atom stereocenters. The minimum Gasteiger partial charge on any atom is -0.357 e. The minimum atomic E-state index is -0.0251. The predicted molar refractivity (Wildman–Crippen MR) is 92.9 cm³/mol. The molecule has 0 spiro atoms. The highest BCUT2D eigenvalue weighted by Gasteiger charge is 2.06. The smallest absolute Gasteiger partial charge is 0.226 e. The van der Waals surface area contributed by atoms with Crippen molar-refractivity contribution in [2.45, 2.75) is 27.3 Å². The molecule has 0 radical (unpaired) electrons. The number of anilines is 1. The van der Waals surface area contributed by atoms with Gasteiger partial charge in [-0.1, -0.05) is 32.1 Å². The highest BCUT2D eigenvalue weighted by molar-refractivity contribution is 5.92. The molecule has 1 aromatic rings. The molecule has 0 bridgehead atoms. The van der Waals surface area contributed by atoms with Crippen LogP contribution in [0.25, 0.3) is 0 Å². The van der Waals surface area contributed by atoms with Crippen LogP contribution in [0.3, 0.4) is 0 Å². The van der Waals surface area contributed by atoms with Gasteiger partial charge in [-0.15, -0.1) is 6.58 Å². The molecule has 22 heavy (non-hydrogen) atoms. The van der Waals surface area contributed by atoms with Gasteiger partial charge >= 0.3 is 0 Å². The van der Waals surface area contributed by atoms with Gasteiger partial charge < -0.3 is 16.0 Å². The van der Waals surface area contributed by atoms with Crippen LogP contribution in [0.15, 0.2) is 41.9 Å². The fraction of sp³-hybridized carbons (Fsp3) is 0.412. The summed E-state index contributed by atoms with van der Waals surface area (Å²) in [6.45, 7) is 11.5. The van der Waals surface area contributed by atoms with E-state index in [4.69, 9.17) is 0 Å². The summed E-state index contributed by atoms with van der Waals surface area (Å²) in [4.78, 5) is 16.1. The third kappa shape index (κ3) is 6.43. The van der Waals surface area contributed by atoms with Gasteiger partial charge in [0.2, 0.25) is 5.91 Å². The SMILES string of the molecule is C=CCNC(=NCc1ccc(NC(=O)C(C)C)cc1)NCC. The molecular formula is C17H26N4O. The van der Waals surface area contributed by atoms with E-state index in [-0.39, 0.29) is 11.8 Å². The van der Waals surface area contributed by atoms with E-state index >= 15 is 0 Å². The topological polar surface area (TPSA) is 65.5 Å². The van der Waals surface area contributed by atoms with Crippen LogP contribution in [0, 0.1) is 5.92 Å². The summed E-state index contributed by atoms with van der Waals surface area (Å²) >= 11 is 0. The zero-order chi connectivity index (χ0) is 16.4. The van der Waals surface area contributed by atoms with Crippen molar-refractivity contribution < 1.29 is 4.79 Å². The normalized spacial score (nSPS) is 11.2. The predicted octanol–water partition coefficient (Wildman–Crippen LogP) is 2.52. The van der Waals surface area contributed by atoms with Crippen LogP contribution in [0.5, 0.6) is 0 Å². The van der Waals surface area contributed by atoms with Crippen LogP contribution in [0.4, 0.5) is 5.69 Å². The Labute approximate surface area is 132 Å². The number of rotatable bonds is 7. The van der Waals surface area contributed by atoms with E-state index in [0.29, 0.717) is 13.1 Å². The summed E-state index contributed by atoms with van der Waals surface area (Å²) in [6, 6.07) is 7.73. The van der Waals surface area contributed by atoms with Crippen molar-refractivity contribution in [1.29, 1.82) is 0 Å². The molecule has 0 aliphatic carbocycles. The number of carbonyl (C=O) groups excluding carboxylic acids is 1. The Morgan fingerprint density at radius 1 is 1.27 bits per heavy atom. The number of nitrogens with zero attached hydrogens (tertiary/aromatic N) is 1. The van der Waals surface area contributed by atoms with Gasteiger partial charge in [0.25, 0.3) is 0 Å². The first-order valence-electron chi connectivity index (χ1n) is 7.59. The molecule has 1 rings (SSSR count). The van der Waals surface area contributed by atoms with E-state index in [1.165, 1.54) is 0 Å². The lowest BCUT2D eigenvalue weighted by Gasteiger charge is -2.10. The molecule has 1 aromatic carbocycles. The number of guanidine groups is 1. The Hall–Kier alpha value is -2.30. The van der Waals surface area contributed by atoms with Crippen LogP contribution >= 0.6 is 0 Å². The van der Waals surface area contributed by atoms with Crippen molar-refractivity contribution in [1.82, 2.24) is 10.6 Å². The van der Waals surface area contributed by atoms with Gasteiger partial charge in [0.15, 0.2) is 5.96 Å². The van der Waals surface area contributed by atoms with E-state index in [1.54, 1.807) is 6.08 Å². The zero-order valence-corrected chi connectivity index (χ0v) is 13.6. The molecule has 0 fully saturated rings. The van der Waals surface area contributed by atoms with Crippen molar-refractivity contribution in [2.24, 2.45) is 10.9 Å². The van der Waals surface area contributed by atoms with Crippen molar-refractivity contribution in [3.8, 4) is 0 Å². The highest BCUT2D eigenvalue weighted by Crippen LogP contribution is 2.11. The van der Waals surface area contributed by atoms with Crippen molar-refractivity contribution in [2.75, 3.05) is 18.4 Å². The van der Waals surface area contributed by atoms with Crippen LogP contribution < -0.4 is 16.0 Å². The lowest BCUT2D eigenvalue weighted by atomic mass is 10.2. The number of carbonyl (C=O) groups is 1. The molecule has 0 saturated carbocycles. The van der Waals surface area contributed by atoms with Gasteiger partial charge in [0, 0.05) is 24.7 Å². The van der Waals surface area contributed by atoms with Crippen molar-refractivity contribution in [3.63, 3.8) is 0 Å². The summed E-state index contributed by atoms with van der Waals surface area (Å²) in [6.07, 6.45) is 1.79. The Kier molecular flexibility index (Phi) is 7.75. The molecule has 0 aliphatic heterocycles. The first-order valence-corrected chi connectivity index (χ1v) is 7.59. The van der Waals surface area contributed by atoms with Crippen LogP contribution in [-0.2, 0) is 11.3 Å². The molecule has 5 nitrogen and oxygen atoms in total. The second kappa shape index (κ2) is 9.60. The average molecular weight is 302 g/mol. The van der Waals surface area contributed by atoms with Gasteiger partial charge in [-0.3, -0.25) is 4.79 Å². The second-order valence-corrected chi connectivity index (χ2v) is 5.21. The molecular weight excluding hydrogens is 276 g/mol. The van der Waals surface area contributed by atoms with E-state index in [0.717, 1.165) is 23.8 Å². The summed E-state index contributed by atoms with van der Waals surface area (Å²) in [5.41, 5.74) is 1.89. The van der Waals surface area contributed by atoms with Crippen LogP contribution in [-0.4, -0.2) is 25.0 Å². The maximum absolute atomic E-state index is 11.6. The fourth-order valence-corrected chi connectivity index (χ4v) is 1.66. The monoisotopic (exact) mass is 302 g/mol. The molecule has 0 saturated heterocycles. The molecule has 5 heteroatoms. The average Bonchev–Trinajstić information content (AvgIpc) is 2.51. The first-order chi connectivity index (χ1) is 10.6.